The van der Waals surface area contributed by atoms with Crippen molar-refractivity contribution in [2.45, 2.75) is 31.3 Å². The van der Waals surface area contributed by atoms with Crippen LogP contribution in [0.25, 0.3) is 11.0 Å². The van der Waals surface area contributed by atoms with Gasteiger partial charge in [-0.25, -0.2) is 9.59 Å². The number of carbonyl (C=O) groups is 1. The third-order valence-corrected chi connectivity index (χ3v) is 5.76. The molecule has 0 unspecified atom stereocenters. The molecule has 2 atom stereocenters. The van der Waals surface area contributed by atoms with Crippen LogP contribution in [-0.2, 0) is 18.8 Å². The van der Waals surface area contributed by atoms with Crippen molar-refractivity contribution in [3.63, 3.8) is 0 Å². The van der Waals surface area contributed by atoms with Gasteiger partial charge in [0.2, 0.25) is 0 Å². The summed E-state index contributed by atoms with van der Waals surface area (Å²) in [7, 11) is 3.47. The van der Waals surface area contributed by atoms with Crippen molar-refractivity contribution in [3.05, 3.63) is 28.7 Å². The zero-order valence-electron chi connectivity index (χ0n) is 15.9. The number of rotatable bonds is 3. The molecule has 2 aliphatic heterocycles. The summed E-state index contributed by atoms with van der Waals surface area (Å²) in [4.78, 5) is 27.0. The van der Waals surface area contributed by atoms with E-state index in [-0.39, 0.29) is 23.8 Å². The lowest BCUT2D eigenvalue weighted by Crippen LogP contribution is -2.53. The van der Waals surface area contributed by atoms with E-state index in [1.165, 1.54) is 19.3 Å². The molecule has 0 aliphatic carbocycles. The second-order valence-electron chi connectivity index (χ2n) is 7.51. The zero-order chi connectivity index (χ0) is 19.0. The Kier molecular flexibility index (Phi) is 4.92. The van der Waals surface area contributed by atoms with E-state index in [1.807, 2.05) is 18.2 Å². The third kappa shape index (κ3) is 3.46. The highest BCUT2D eigenvalue weighted by molar-refractivity contribution is 5.92. The minimum atomic E-state index is -0.243. The number of nitrogens with zero attached hydrogens (tertiary/aromatic N) is 3. The standard InChI is InChI=1S/C19H27N5O3/c1-22-15-7-6-13(10-16(15)23(2)19(22)26)20-18(25)21-14-11-27-12-17(14)24-8-4-3-5-9-24/h6-7,10,14,17H,3-5,8-9,11-12H2,1-2H3,(H2,20,21,25)/t14-,17-/m1/s1. The van der Waals surface area contributed by atoms with Crippen LogP contribution in [0.2, 0.25) is 0 Å². The summed E-state index contributed by atoms with van der Waals surface area (Å²) in [6.07, 6.45) is 3.71. The smallest absolute Gasteiger partial charge is 0.328 e. The topological polar surface area (TPSA) is 80.5 Å². The molecule has 1 aromatic carbocycles. The number of fused-ring (bicyclic) bond motifs is 1. The van der Waals surface area contributed by atoms with Crippen LogP contribution in [-0.4, -0.2) is 58.5 Å². The van der Waals surface area contributed by atoms with Crippen LogP contribution in [0.15, 0.2) is 23.0 Å². The highest BCUT2D eigenvalue weighted by Crippen LogP contribution is 2.20. The van der Waals surface area contributed by atoms with Crippen LogP contribution in [0.3, 0.4) is 0 Å². The maximum absolute atomic E-state index is 12.5. The molecular formula is C19H27N5O3. The number of piperidine rings is 1. The number of nitrogens with one attached hydrogen (secondary N) is 2. The van der Waals surface area contributed by atoms with E-state index in [4.69, 9.17) is 4.74 Å². The summed E-state index contributed by atoms with van der Waals surface area (Å²) >= 11 is 0. The van der Waals surface area contributed by atoms with Gasteiger partial charge in [-0.2, -0.15) is 0 Å². The Morgan fingerprint density at radius 1 is 1.07 bits per heavy atom. The van der Waals surface area contributed by atoms with E-state index in [1.54, 1.807) is 23.2 Å². The normalized spacial score (nSPS) is 23.6. The molecule has 8 heteroatoms. The number of hydrogen-bond acceptors (Lipinski definition) is 4. The predicted octanol–water partition coefficient (Wildman–Crippen LogP) is 1.25. The largest absolute Gasteiger partial charge is 0.378 e. The minimum Gasteiger partial charge on any atom is -0.378 e. The first-order chi connectivity index (χ1) is 13.0. The molecule has 2 amide bonds. The van der Waals surface area contributed by atoms with Crippen LogP contribution in [0.5, 0.6) is 0 Å². The average molecular weight is 373 g/mol. The van der Waals surface area contributed by atoms with E-state index in [2.05, 4.69) is 15.5 Å². The highest BCUT2D eigenvalue weighted by atomic mass is 16.5. The van der Waals surface area contributed by atoms with Gasteiger partial charge in [0.05, 0.1) is 36.3 Å². The molecule has 0 radical (unpaired) electrons. The van der Waals surface area contributed by atoms with Crippen LogP contribution in [0.1, 0.15) is 19.3 Å². The monoisotopic (exact) mass is 373 g/mol. The van der Waals surface area contributed by atoms with Crippen molar-refractivity contribution in [2.75, 3.05) is 31.6 Å². The van der Waals surface area contributed by atoms with Crippen molar-refractivity contribution in [1.82, 2.24) is 19.4 Å². The van der Waals surface area contributed by atoms with E-state index in [0.29, 0.717) is 18.9 Å². The van der Waals surface area contributed by atoms with E-state index in [9.17, 15) is 9.59 Å². The number of amides is 2. The molecule has 1 aromatic heterocycles. The second kappa shape index (κ2) is 7.36. The van der Waals surface area contributed by atoms with Crippen LogP contribution in [0.4, 0.5) is 10.5 Å². The maximum Gasteiger partial charge on any atom is 0.328 e. The molecule has 0 saturated carbocycles. The van der Waals surface area contributed by atoms with Gasteiger partial charge in [0.25, 0.3) is 0 Å². The highest BCUT2D eigenvalue weighted by Gasteiger charge is 2.34. The SMILES string of the molecule is Cn1c(=O)n(C)c2cc(NC(=O)N[C@@H]3COC[C@H]3N3CCCCC3)ccc21. The average Bonchev–Trinajstić information content (AvgIpc) is 3.22. The number of ether oxygens (including phenoxy) is 1. The first kappa shape index (κ1) is 18.1. The summed E-state index contributed by atoms with van der Waals surface area (Å²) in [6, 6.07) is 5.48. The first-order valence-corrected chi connectivity index (χ1v) is 9.59. The lowest BCUT2D eigenvalue weighted by atomic mass is 10.1. The van der Waals surface area contributed by atoms with Gasteiger partial charge in [0.15, 0.2) is 0 Å². The van der Waals surface area contributed by atoms with Crippen molar-refractivity contribution in [3.8, 4) is 0 Å². The van der Waals surface area contributed by atoms with E-state index >= 15 is 0 Å². The molecule has 2 N–H and O–H groups in total. The van der Waals surface area contributed by atoms with E-state index < -0.39 is 0 Å². The van der Waals surface area contributed by atoms with Gasteiger partial charge in [0, 0.05) is 19.8 Å². The Hall–Kier alpha value is -2.32. The Balaban J connectivity index is 1.43. The number of imidazole rings is 1. The number of hydrogen-bond donors (Lipinski definition) is 2. The fraction of sp³-hybridized carbons (Fsp3) is 0.579. The molecule has 2 aliphatic rings. The molecule has 2 saturated heterocycles. The van der Waals surface area contributed by atoms with Crippen LogP contribution >= 0.6 is 0 Å². The summed E-state index contributed by atoms with van der Waals surface area (Å²) in [6.45, 7) is 3.36. The van der Waals surface area contributed by atoms with Crippen molar-refractivity contribution < 1.29 is 9.53 Å². The quantitative estimate of drug-likeness (QED) is 0.849. The van der Waals surface area contributed by atoms with Crippen molar-refractivity contribution >= 4 is 22.8 Å². The number of anilines is 1. The fourth-order valence-corrected chi connectivity index (χ4v) is 4.21. The maximum atomic E-state index is 12.5. The first-order valence-electron chi connectivity index (χ1n) is 9.59. The third-order valence-electron chi connectivity index (χ3n) is 5.76. The predicted molar refractivity (Wildman–Crippen MR) is 104 cm³/mol. The fourth-order valence-electron chi connectivity index (χ4n) is 4.21. The minimum absolute atomic E-state index is 0.00656. The molecular weight excluding hydrogens is 346 g/mol. The molecule has 4 rings (SSSR count). The van der Waals surface area contributed by atoms with Crippen molar-refractivity contribution in [2.24, 2.45) is 14.1 Å². The Morgan fingerprint density at radius 2 is 1.81 bits per heavy atom. The van der Waals surface area contributed by atoms with Gasteiger partial charge >= 0.3 is 11.7 Å². The second-order valence-corrected chi connectivity index (χ2v) is 7.51. The lowest BCUT2D eigenvalue weighted by Gasteiger charge is -2.34. The van der Waals surface area contributed by atoms with Gasteiger partial charge in [-0.3, -0.25) is 14.0 Å². The molecule has 0 bridgehead atoms. The molecule has 0 spiro atoms. The summed E-state index contributed by atoms with van der Waals surface area (Å²) in [5.74, 6) is 0. The van der Waals surface area contributed by atoms with Crippen LogP contribution < -0.4 is 16.3 Å². The van der Waals surface area contributed by atoms with E-state index in [0.717, 1.165) is 24.1 Å². The van der Waals surface area contributed by atoms with Gasteiger partial charge in [0.1, 0.15) is 0 Å². The number of aryl methyl sites for hydroxylation is 2. The molecule has 3 heterocycles. The Bertz CT molecular complexity index is 897. The molecule has 27 heavy (non-hydrogen) atoms. The number of aromatic nitrogens is 2. The van der Waals surface area contributed by atoms with Gasteiger partial charge in [-0.1, -0.05) is 6.42 Å². The lowest BCUT2D eigenvalue weighted by molar-refractivity contribution is 0.125. The molecule has 146 valence electrons. The summed E-state index contributed by atoms with van der Waals surface area (Å²) < 4.78 is 8.81. The molecule has 2 aromatic rings. The van der Waals surface area contributed by atoms with Gasteiger partial charge in [-0.05, 0) is 44.1 Å². The number of urea groups is 1. The molecule has 2 fully saturated rings. The number of likely N-dealkylation sites (tertiary alicyclic amines) is 1. The summed E-state index contributed by atoms with van der Waals surface area (Å²) in [5.41, 5.74) is 2.20. The Labute approximate surface area is 158 Å². The summed E-state index contributed by atoms with van der Waals surface area (Å²) in [5, 5.41) is 5.96. The van der Waals surface area contributed by atoms with Gasteiger partial charge < -0.3 is 15.4 Å². The number of benzene rings is 1. The molecule has 8 nitrogen and oxygen atoms in total. The van der Waals surface area contributed by atoms with Crippen molar-refractivity contribution in [1.29, 1.82) is 0 Å². The Morgan fingerprint density at radius 3 is 2.59 bits per heavy atom. The van der Waals surface area contributed by atoms with Crippen LogP contribution in [0, 0.1) is 0 Å². The number of carbonyl (C=O) groups excluding carboxylic acids is 1. The van der Waals surface area contributed by atoms with Gasteiger partial charge in [-0.15, -0.1) is 0 Å². The zero-order valence-corrected chi connectivity index (χ0v) is 15.9.